The van der Waals surface area contributed by atoms with E-state index in [4.69, 9.17) is 4.74 Å². The standard InChI is InChI=1S/C52H40N2O/c1-51(2)42-19-11-10-18-39(42)40-26-23-36(31-45(40)51)53(37-24-27-44-49(32-37)55-48-21-13-12-20-43(48)52(44,3)4)35-25-29-46-41(30-35)50-38-17-9-8-14-33(38)22-28-47(50)54(46)34-15-6-5-7-16-34/h5-32H,1-4H3. The van der Waals surface area contributed by atoms with Gasteiger partial charge in [0, 0.05) is 61.5 Å². The van der Waals surface area contributed by atoms with Crippen molar-refractivity contribution in [3.8, 4) is 28.3 Å². The molecule has 55 heavy (non-hydrogen) atoms. The van der Waals surface area contributed by atoms with Crippen molar-refractivity contribution in [1.29, 1.82) is 0 Å². The Morgan fingerprint density at radius 3 is 1.93 bits per heavy atom. The summed E-state index contributed by atoms with van der Waals surface area (Å²) in [6.45, 7) is 9.30. The van der Waals surface area contributed by atoms with E-state index in [-0.39, 0.29) is 10.8 Å². The van der Waals surface area contributed by atoms with Gasteiger partial charge in [-0.3, -0.25) is 0 Å². The number of hydrogen-bond acceptors (Lipinski definition) is 2. The van der Waals surface area contributed by atoms with E-state index >= 15 is 0 Å². The monoisotopic (exact) mass is 708 g/mol. The number of hydrogen-bond donors (Lipinski definition) is 0. The van der Waals surface area contributed by atoms with Gasteiger partial charge in [0.2, 0.25) is 0 Å². The van der Waals surface area contributed by atoms with E-state index in [0.29, 0.717) is 0 Å². The van der Waals surface area contributed by atoms with Crippen LogP contribution in [0, 0.1) is 0 Å². The zero-order valence-corrected chi connectivity index (χ0v) is 31.5. The summed E-state index contributed by atoms with van der Waals surface area (Å²) in [5.74, 6) is 1.82. The summed E-state index contributed by atoms with van der Waals surface area (Å²) < 4.78 is 9.13. The molecule has 3 nitrogen and oxygen atoms in total. The van der Waals surface area contributed by atoms with E-state index in [1.165, 1.54) is 66.0 Å². The van der Waals surface area contributed by atoms with Crippen LogP contribution in [-0.4, -0.2) is 4.57 Å². The predicted molar refractivity (Wildman–Crippen MR) is 229 cm³/mol. The van der Waals surface area contributed by atoms with Gasteiger partial charge in [0.15, 0.2) is 0 Å². The first-order valence-corrected chi connectivity index (χ1v) is 19.3. The summed E-state index contributed by atoms with van der Waals surface area (Å²) in [5, 5.41) is 4.97. The summed E-state index contributed by atoms with van der Waals surface area (Å²) in [6, 6.07) is 62.1. The Morgan fingerprint density at radius 2 is 1.05 bits per heavy atom. The normalized spacial score (nSPS) is 14.6. The van der Waals surface area contributed by atoms with E-state index in [0.717, 1.165) is 34.2 Å². The number of anilines is 3. The molecule has 0 amide bonds. The number of rotatable bonds is 4. The van der Waals surface area contributed by atoms with Crippen molar-refractivity contribution in [3.63, 3.8) is 0 Å². The fourth-order valence-corrected chi connectivity index (χ4v) is 9.64. The first kappa shape index (κ1) is 31.9. The molecule has 11 rings (SSSR count). The van der Waals surface area contributed by atoms with Crippen molar-refractivity contribution in [2.75, 3.05) is 4.90 Å². The Labute approximate surface area is 321 Å². The maximum Gasteiger partial charge on any atom is 0.133 e. The fraction of sp³-hybridized carbons (Fsp3) is 0.115. The Hall–Kier alpha value is -6.58. The quantitative estimate of drug-likeness (QED) is 0.181. The largest absolute Gasteiger partial charge is 0.457 e. The number of para-hydroxylation sites is 2. The second kappa shape index (κ2) is 11.5. The highest BCUT2D eigenvalue weighted by molar-refractivity contribution is 6.22. The van der Waals surface area contributed by atoms with Gasteiger partial charge in [-0.1, -0.05) is 131 Å². The van der Waals surface area contributed by atoms with E-state index in [9.17, 15) is 0 Å². The molecule has 0 saturated carbocycles. The number of benzene rings is 8. The first-order chi connectivity index (χ1) is 26.8. The van der Waals surface area contributed by atoms with Crippen molar-refractivity contribution < 1.29 is 4.74 Å². The van der Waals surface area contributed by atoms with Crippen LogP contribution in [0.3, 0.4) is 0 Å². The smallest absolute Gasteiger partial charge is 0.133 e. The van der Waals surface area contributed by atoms with Crippen molar-refractivity contribution >= 4 is 49.6 Å². The molecule has 0 saturated heterocycles. The average Bonchev–Trinajstić information content (AvgIpc) is 3.66. The van der Waals surface area contributed by atoms with Gasteiger partial charge in [0.1, 0.15) is 11.5 Å². The highest BCUT2D eigenvalue weighted by Gasteiger charge is 2.37. The third kappa shape index (κ3) is 4.56. The summed E-state index contributed by atoms with van der Waals surface area (Å²) in [6.07, 6.45) is 0. The molecule has 0 N–H and O–H groups in total. The SMILES string of the molecule is CC1(C)c2ccccc2Oc2cc(N(c3ccc4c(c3)C(C)(C)c3ccccc3-4)c3ccc4c(c3)c3c5ccccc5ccc3n4-c3ccccc3)ccc21. The van der Waals surface area contributed by atoms with Gasteiger partial charge in [0.25, 0.3) is 0 Å². The van der Waals surface area contributed by atoms with Crippen LogP contribution >= 0.6 is 0 Å². The van der Waals surface area contributed by atoms with Gasteiger partial charge >= 0.3 is 0 Å². The first-order valence-electron chi connectivity index (χ1n) is 19.3. The maximum absolute atomic E-state index is 6.72. The number of nitrogens with zero attached hydrogens (tertiary/aromatic N) is 2. The lowest BCUT2D eigenvalue weighted by Gasteiger charge is -2.35. The molecule has 2 aliphatic rings. The van der Waals surface area contributed by atoms with Crippen LogP contribution in [0.5, 0.6) is 11.5 Å². The van der Waals surface area contributed by atoms with Gasteiger partial charge in [0.05, 0.1) is 11.0 Å². The van der Waals surface area contributed by atoms with Crippen LogP contribution in [0.25, 0.3) is 49.4 Å². The molecule has 0 fully saturated rings. The minimum Gasteiger partial charge on any atom is -0.457 e. The van der Waals surface area contributed by atoms with Crippen LogP contribution < -0.4 is 9.64 Å². The van der Waals surface area contributed by atoms with E-state index in [1.807, 2.05) is 0 Å². The highest BCUT2D eigenvalue weighted by Crippen LogP contribution is 2.53. The van der Waals surface area contributed by atoms with Crippen molar-refractivity contribution in [2.24, 2.45) is 0 Å². The molecule has 2 heterocycles. The van der Waals surface area contributed by atoms with Crippen LogP contribution in [0.4, 0.5) is 17.1 Å². The van der Waals surface area contributed by atoms with Crippen LogP contribution in [0.1, 0.15) is 49.9 Å². The molecule has 0 radical (unpaired) electrons. The lowest BCUT2D eigenvalue weighted by atomic mass is 9.76. The third-order valence-corrected chi connectivity index (χ3v) is 12.4. The minimum atomic E-state index is -0.198. The molecular weight excluding hydrogens is 669 g/mol. The summed E-state index contributed by atoms with van der Waals surface area (Å²) in [7, 11) is 0. The molecule has 1 aromatic heterocycles. The molecular formula is C52H40N2O. The zero-order chi connectivity index (χ0) is 37.1. The number of fused-ring (bicyclic) bond motifs is 10. The van der Waals surface area contributed by atoms with Crippen molar-refractivity contribution in [1.82, 2.24) is 4.57 Å². The van der Waals surface area contributed by atoms with Crippen LogP contribution in [0.15, 0.2) is 170 Å². The molecule has 0 unspecified atom stereocenters. The Balaban J connectivity index is 1.17. The molecule has 0 atom stereocenters. The zero-order valence-electron chi connectivity index (χ0n) is 31.5. The second-order valence-electron chi connectivity index (χ2n) is 16.2. The summed E-state index contributed by atoms with van der Waals surface area (Å²) in [4.78, 5) is 2.42. The molecule has 1 aliphatic carbocycles. The van der Waals surface area contributed by atoms with E-state index in [2.05, 4.69) is 207 Å². The van der Waals surface area contributed by atoms with Gasteiger partial charge < -0.3 is 14.2 Å². The highest BCUT2D eigenvalue weighted by atomic mass is 16.5. The lowest BCUT2D eigenvalue weighted by molar-refractivity contribution is 0.418. The molecule has 3 heteroatoms. The van der Waals surface area contributed by atoms with Gasteiger partial charge in [-0.2, -0.15) is 0 Å². The molecule has 1 aliphatic heterocycles. The molecule has 8 aromatic carbocycles. The average molecular weight is 709 g/mol. The maximum atomic E-state index is 6.72. The van der Waals surface area contributed by atoms with Crippen molar-refractivity contribution in [3.05, 3.63) is 192 Å². The number of ether oxygens (including phenoxy) is 1. The molecule has 264 valence electrons. The van der Waals surface area contributed by atoms with Gasteiger partial charge in [-0.05, 0) is 93.7 Å². The predicted octanol–water partition coefficient (Wildman–Crippen LogP) is 14.1. The van der Waals surface area contributed by atoms with Crippen LogP contribution in [-0.2, 0) is 10.8 Å². The second-order valence-corrected chi connectivity index (χ2v) is 16.2. The third-order valence-electron chi connectivity index (χ3n) is 12.4. The Bertz CT molecular complexity index is 3020. The minimum absolute atomic E-state index is 0.133. The Morgan fingerprint density at radius 1 is 0.436 bits per heavy atom. The fourth-order valence-electron chi connectivity index (χ4n) is 9.64. The van der Waals surface area contributed by atoms with E-state index < -0.39 is 0 Å². The van der Waals surface area contributed by atoms with Gasteiger partial charge in [-0.15, -0.1) is 0 Å². The lowest BCUT2D eigenvalue weighted by Crippen LogP contribution is -2.24. The van der Waals surface area contributed by atoms with Crippen molar-refractivity contribution in [2.45, 2.75) is 38.5 Å². The molecule has 0 spiro atoms. The van der Waals surface area contributed by atoms with Crippen LogP contribution in [0.2, 0.25) is 0 Å². The Kier molecular flexibility index (Phi) is 6.65. The van der Waals surface area contributed by atoms with E-state index in [1.54, 1.807) is 0 Å². The topological polar surface area (TPSA) is 17.4 Å². The van der Waals surface area contributed by atoms with Gasteiger partial charge in [-0.25, -0.2) is 0 Å². The summed E-state index contributed by atoms with van der Waals surface area (Å²) in [5.41, 5.74) is 14.2. The number of aromatic nitrogens is 1. The molecule has 0 bridgehead atoms. The summed E-state index contributed by atoms with van der Waals surface area (Å²) >= 11 is 0. The molecule has 9 aromatic rings.